The van der Waals surface area contributed by atoms with Crippen molar-refractivity contribution in [3.63, 3.8) is 0 Å². The van der Waals surface area contributed by atoms with E-state index in [9.17, 15) is 22.8 Å². The van der Waals surface area contributed by atoms with Crippen LogP contribution in [0.25, 0.3) is 5.76 Å². The molecule has 7 heteroatoms. The van der Waals surface area contributed by atoms with Crippen LogP contribution in [0.15, 0.2) is 54.1 Å². The van der Waals surface area contributed by atoms with Crippen molar-refractivity contribution in [2.75, 3.05) is 0 Å². The van der Waals surface area contributed by atoms with E-state index >= 15 is 0 Å². The molecule has 0 N–H and O–H groups in total. The zero-order valence-corrected chi connectivity index (χ0v) is 17.4. The second-order valence-corrected chi connectivity index (χ2v) is 10.2. The van der Waals surface area contributed by atoms with E-state index in [0.717, 1.165) is 12.1 Å². The zero-order chi connectivity index (χ0) is 21.0. The number of alkyl halides is 3. The van der Waals surface area contributed by atoms with Crippen molar-refractivity contribution in [1.29, 1.82) is 0 Å². The summed E-state index contributed by atoms with van der Waals surface area (Å²) in [5.74, 6) is -0.724. The van der Waals surface area contributed by atoms with Crippen molar-refractivity contribution in [2.24, 2.45) is 0 Å². The number of fused-ring (bicyclic) bond motifs is 2. The molecule has 1 heterocycles. The molecule has 150 valence electrons. The molecule has 0 bridgehead atoms. The average Bonchev–Trinajstić information content (AvgIpc) is 2.67. The van der Waals surface area contributed by atoms with Crippen LogP contribution in [0.4, 0.5) is 13.2 Å². The van der Waals surface area contributed by atoms with Crippen LogP contribution in [0.2, 0.25) is 4.82 Å². The minimum atomic E-state index is -4.41. The van der Waals surface area contributed by atoms with Gasteiger partial charge in [-0.15, -0.1) is 0 Å². The van der Waals surface area contributed by atoms with Gasteiger partial charge in [-0.2, -0.15) is 0 Å². The Morgan fingerprint density at radius 1 is 1.00 bits per heavy atom. The van der Waals surface area contributed by atoms with Crippen molar-refractivity contribution in [3.8, 4) is 0 Å². The Hall–Kier alpha value is -2.37. The number of Topliss-reactive ketones (excluding diaryl/α,β-unsaturated/α-hetero) is 2. The van der Waals surface area contributed by atoms with Crippen LogP contribution in [-0.4, -0.2) is 32.1 Å². The Morgan fingerprint density at radius 2 is 1.69 bits per heavy atom. The third-order valence-electron chi connectivity index (χ3n) is 5.14. The summed E-state index contributed by atoms with van der Waals surface area (Å²) in [6.07, 6.45) is -4.10. The van der Waals surface area contributed by atoms with Gasteiger partial charge in [-0.05, 0) is 0 Å². The number of allylic oxidation sites excluding steroid dienone is 1. The molecule has 2 aromatic rings. The van der Waals surface area contributed by atoms with Gasteiger partial charge in [0.2, 0.25) is 0 Å². The number of hydrogen-bond donors (Lipinski definition) is 0. The Balaban J connectivity index is 1.70. The minimum absolute atomic E-state index is 0.195. The van der Waals surface area contributed by atoms with Gasteiger partial charge >= 0.3 is 172 Å². The first-order valence-corrected chi connectivity index (χ1v) is 10.9. The molecule has 0 amide bonds. The molecule has 3 nitrogen and oxygen atoms in total. The third kappa shape index (κ3) is 3.53. The molecule has 0 fully saturated rings. The van der Waals surface area contributed by atoms with E-state index in [2.05, 4.69) is 0 Å². The predicted molar refractivity (Wildman–Crippen MR) is 103 cm³/mol. The van der Waals surface area contributed by atoms with Crippen LogP contribution in [-0.2, 0) is 15.7 Å². The van der Waals surface area contributed by atoms with E-state index in [1.165, 1.54) is 6.07 Å². The van der Waals surface area contributed by atoms with E-state index < -0.39 is 28.9 Å². The van der Waals surface area contributed by atoms with E-state index in [4.69, 9.17) is 4.74 Å². The fraction of sp³-hybridized carbons (Fsp3) is 0.273. The van der Waals surface area contributed by atoms with Gasteiger partial charge in [0.1, 0.15) is 0 Å². The second-order valence-electron chi connectivity index (χ2n) is 7.55. The monoisotopic (exact) mass is 466 g/mol. The zero-order valence-electron chi connectivity index (χ0n) is 15.7. The predicted octanol–water partition coefficient (Wildman–Crippen LogP) is 4.20. The Morgan fingerprint density at radius 3 is 2.38 bits per heavy atom. The Bertz CT molecular complexity index is 1050. The SMILES string of the molecule is CC1(C)OC2=C(CC1[Se]c1cccc(C(F)(F)F)c1)C(=O)C(=O)c1ccccc12. The summed E-state index contributed by atoms with van der Waals surface area (Å²) in [7, 11) is 0. The maximum absolute atomic E-state index is 13.0. The number of carbonyl (C=O) groups excluding carboxylic acids is 2. The number of ether oxygens (including phenoxy) is 1. The molecule has 2 aromatic carbocycles. The summed E-state index contributed by atoms with van der Waals surface area (Å²) in [4.78, 5) is 25.0. The molecule has 0 saturated carbocycles. The third-order valence-corrected chi connectivity index (χ3v) is 8.38. The summed E-state index contributed by atoms with van der Waals surface area (Å²) in [6, 6.07) is 12.1. The number of carbonyl (C=O) groups is 2. The quantitative estimate of drug-likeness (QED) is 0.494. The molecule has 0 spiro atoms. The van der Waals surface area contributed by atoms with Crippen molar-refractivity contribution >= 4 is 36.7 Å². The molecule has 0 radical (unpaired) electrons. The molecule has 0 aromatic heterocycles. The molecule has 2 aliphatic rings. The molecular formula is C22H17F3O3Se. The number of rotatable bonds is 2. The number of hydrogen-bond acceptors (Lipinski definition) is 3. The first kappa shape index (κ1) is 19.9. The molecule has 1 atom stereocenters. The van der Waals surface area contributed by atoms with E-state index in [0.29, 0.717) is 33.3 Å². The molecule has 1 aliphatic carbocycles. The summed E-state index contributed by atoms with van der Waals surface area (Å²) < 4.78 is 45.9. The van der Waals surface area contributed by atoms with Crippen LogP contribution in [0.1, 0.15) is 41.8 Å². The molecule has 29 heavy (non-hydrogen) atoms. The maximum atomic E-state index is 13.0. The van der Waals surface area contributed by atoms with Gasteiger partial charge < -0.3 is 0 Å². The molecule has 4 rings (SSSR count). The normalized spacial score (nSPS) is 20.8. The topological polar surface area (TPSA) is 43.4 Å². The van der Waals surface area contributed by atoms with Crippen molar-refractivity contribution in [1.82, 2.24) is 0 Å². The van der Waals surface area contributed by atoms with Crippen LogP contribution in [0.5, 0.6) is 0 Å². The van der Waals surface area contributed by atoms with Crippen molar-refractivity contribution < 1.29 is 27.5 Å². The fourth-order valence-corrected chi connectivity index (χ4v) is 6.21. The standard InChI is InChI=1S/C22H17F3O3Se/c1-21(2)17(29-13-7-5-6-12(10-13)22(23,24)25)11-16-19(27)18(26)14-8-3-4-9-15(14)20(16)28-21/h3-10,17H,11H2,1-2H3. The van der Waals surface area contributed by atoms with Gasteiger partial charge in [-0.1, -0.05) is 0 Å². The van der Waals surface area contributed by atoms with Gasteiger partial charge in [0.05, 0.1) is 0 Å². The molecule has 0 saturated heterocycles. The van der Waals surface area contributed by atoms with E-state index in [1.54, 1.807) is 30.3 Å². The van der Waals surface area contributed by atoms with Gasteiger partial charge in [0, 0.05) is 0 Å². The Labute approximate surface area is 172 Å². The first-order valence-electron chi connectivity index (χ1n) is 9.02. The van der Waals surface area contributed by atoms with Gasteiger partial charge in [0.15, 0.2) is 0 Å². The van der Waals surface area contributed by atoms with Crippen LogP contribution < -0.4 is 4.46 Å². The second kappa shape index (κ2) is 6.85. The number of halogens is 3. The van der Waals surface area contributed by atoms with E-state index in [1.807, 2.05) is 13.8 Å². The van der Waals surface area contributed by atoms with Crippen molar-refractivity contribution in [3.05, 3.63) is 70.8 Å². The van der Waals surface area contributed by atoms with Crippen LogP contribution in [0.3, 0.4) is 0 Å². The fourth-order valence-electron chi connectivity index (χ4n) is 3.56. The summed E-state index contributed by atoms with van der Waals surface area (Å²) >= 11 is -0.385. The van der Waals surface area contributed by atoms with Gasteiger partial charge in [0.25, 0.3) is 0 Å². The Kier molecular flexibility index (Phi) is 4.71. The summed E-state index contributed by atoms with van der Waals surface area (Å²) in [5.41, 5.74) is -0.129. The van der Waals surface area contributed by atoms with Crippen molar-refractivity contribution in [2.45, 2.75) is 36.9 Å². The number of benzene rings is 2. The molecule has 1 unspecified atom stereocenters. The first-order chi connectivity index (χ1) is 13.6. The summed E-state index contributed by atoms with van der Waals surface area (Å²) in [5, 5.41) is 0. The van der Waals surface area contributed by atoms with Gasteiger partial charge in [-0.25, -0.2) is 0 Å². The molecular weight excluding hydrogens is 448 g/mol. The van der Waals surface area contributed by atoms with Gasteiger partial charge in [-0.3, -0.25) is 0 Å². The summed E-state index contributed by atoms with van der Waals surface area (Å²) in [6.45, 7) is 3.75. The van der Waals surface area contributed by atoms with E-state index in [-0.39, 0.29) is 19.8 Å². The van der Waals surface area contributed by atoms with Crippen LogP contribution >= 0.6 is 0 Å². The number of ketones is 2. The average molecular weight is 465 g/mol. The van der Waals surface area contributed by atoms with Crippen LogP contribution in [0, 0.1) is 0 Å². The molecule has 1 aliphatic heterocycles.